The Labute approximate surface area is 186 Å². The normalized spacial score (nSPS) is 14.2. The average Bonchev–Trinajstić information content (AvgIpc) is 2.77. The van der Waals surface area contributed by atoms with Gasteiger partial charge in [0.1, 0.15) is 5.75 Å². The molecule has 0 aliphatic carbocycles. The Balaban J connectivity index is 2.66. The molecule has 0 amide bonds. The van der Waals surface area contributed by atoms with Gasteiger partial charge in [-0.05, 0) is 46.3 Å². The molecule has 0 unspecified atom stereocenters. The van der Waals surface area contributed by atoms with Gasteiger partial charge in [-0.2, -0.15) is 0 Å². The highest BCUT2D eigenvalue weighted by molar-refractivity contribution is 6.00. The number of benzene rings is 1. The monoisotopic (exact) mass is 447 g/mol. The third-order valence-electron chi connectivity index (χ3n) is 5.16. The molecule has 0 bridgehead atoms. The number of rotatable bonds is 10. The summed E-state index contributed by atoms with van der Waals surface area (Å²) in [6, 6.07) is 4.14. The molecule has 1 heterocycles. The predicted octanol–water partition coefficient (Wildman–Crippen LogP) is 2.55. The summed E-state index contributed by atoms with van der Waals surface area (Å²) >= 11 is 0. The van der Waals surface area contributed by atoms with E-state index < -0.39 is 22.8 Å². The molecule has 32 heavy (non-hydrogen) atoms. The molecule has 1 aliphatic heterocycles. The number of nitrogens with zero attached hydrogens (tertiary/aromatic N) is 1. The standard InChI is InChI=1S/C22H29N3O7/c1-13-18(21(26)30-4)20(19(14(2)24-13)22(27)31-5)16-12-15(25(28)29)8-9-17(16)32-11-7-6-10-23-3/h8-9,12,20,23-24H,6-7,10-11H2,1-5H3. The number of methoxy groups -OCH3 is 2. The number of ether oxygens (including phenoxy) is 3. The summed E-state index contributed by atoms with van der Waals surface area (Å²) in [4.78, 5) is 36.4. The van der Waals surface area contributed by atoms with Crippen molar-refractivity contribution in [3.8, 4) is 5.75 Å². The van der Waals surface area contributed by atoms with E-state index in [0.717, 1.165) is 19.4 Å². The molecule has 0 radical (unpaired) electrons. The fraction of sp³-hybridized carbons (Fsp3) is 0.455. The van der Waals surface area contributed by atoms with Gasteiger partial charge in [-0.1, -0.05) is 0 Å². The van der Waals surface area contributed by atoms with E-state index in [0.29, 0.717) is 29.3 Å². The summed E-state index contributed by atoms with van der Waals surface area (Å²) in [5.74, 6) is -1.96. The maximum Gasteiger partial charge on any atom is 0.336 e. The van der Waals surface area contributed by atoms with Crippen molar-refractivity contribution >= 4 is 17.6 Å². The highest BCUT2D eigenvalue weighted by Crippen LogP contribution is 2.44. The van der Waals surface area contributed by atoms with Gasteiger partial charge in [0.2, 0.25) is 0 Å². The molecule has 2 rings (SSSR count). The van der Waals surface area contributed by atoms with Crippen molar-refractivity contribution in [1.29, 1.82) is 0 Å². The summed E-state index contributed by atoms with van der Waals surface area (Å²) in [5.41, 5.74) is 1.37. The first-order valence-corrected chi connectivity index (χ1v) is 10.2. The molecule has 0 fully saturated rings. The number of hydrogen-bond acceptors (Lipinski definition) is 9. The van der Waals surface area contributed by atoms with E-state index in [1.807, 2.05) is 7.05 Å². The van der Waals surface area contributed by atoms with Crippen molar-refractivity contribution in [3.63, 3.8) is 0 Å². The first-order chi connectivity index (χ1) is 15.3. The van der Waals surface area contributed by atoms with Crippen LogP contribution in [0, 0.1) is 10.1 Å². The van der Waals surface area contributed by atoms with Crippen LogP contribution in [0.3, 0.4) is 0 Å². The number of unbranched alkanes of at least 4 members (excludes halogenated alkanes) is 1. The Kier molecular flexibility index (Phi) is 8.77. The van der Waals surface area contributed by atoms with Crippen LogP contribution in [-0.4, -0.2) is 51.3 Å². The fourth-order valence-corrected chi connectivity index (χ4v) is 3.66. The molecule has 0 atom stereocenters. The molecule has 0 aromatic heterocycles. The van der Waals surface area contributed by atoms with Gasteiger partial charge in [-0.25, -0.2) is 9.59 Å². The van der Waals surface area contributed by atoms with Crippen molar-refractivity contribution in [2.45, 2.75) is 32.6 Å². The lowest BCUT2D eigenvalue weighted by atomic mass is 9.80. The maximum atomic E-state index is 12.7. The Morgan fingerprint density at radius 1 is 1.09 bits per heavy atom. The van der Waals surface area contributed by atoms with E-state index in [4.69, 9.17) is 14.2 Å². The SMILES string of the molecule is CNCCCCOc1ccc([N+](=O)[O-])cc1C1C(C(=O)OC)=C(C)NC(C)=C1C(=O)OC. The summed E-state index contributed by atoms with van der Waals surface area (Å²) in [7, 11) is 4.32. The Hall–Kier alpha value is -3.40. The van der Waals surface area contributed by atoms with E-state index in [1.54, 1.807) is 13.8 Å². The largest absolute Gasteiger partial charge is 0.493 e. The van der Waals surface area contributed by atoms with Crippen molar-refractivity contribution in [1.82, 2.24) is 10.6 Å². The van der Waals surface area contributed by atoms with E-state index in [2.05, 4.69) is 10.6 Å². The number of carbonyl (C=O) groups is 2. The average molecular weight is 447 g/mol. The van der Waals surface area contributed by atoms with Gasteiger partial charge in [0.25, 0.3) is 5.69 Å². The van der Waals surface area contributed by atoms with E-state index >= 15 is 0 Å². The van der Waals surface area contributed by atoms with Crippen LogP contribution in [0.25, 0.3) is 0 Å². The second kappa shape index (κ2) is 11.3. The molecule has 10 heteroatoms. The Bertz CT molecular complexity index is 915. The first kappa shape index (κ1) is 24.9. The quantitative estimate of drug-likeness (QED) is 0.241. The lowest BCUT2D eigenvalue weighted by Gasteiger charge is -2.30. The fourth-order valence-electron chi connectivity index (χ4n) is 3.66. The molecule has 1 aromatic carbocycles. The first-order valence-electron chi connectivity index (χ1n) is 10.2. The Morgan fingerprint density at radius 3 is 2.19 bits per heavy atom. The molecular formula is C22H29N3O7. The van der Waals surface area contributed by atoms with Crippen molar-refractivity contribution in [2.75, 3.05) is 34.4 Å². The molecule has 1 aliphatic rings. The molecular weight excluding hydrogens is 418 g/mol. The molecule has 0 spiro atoms. The smallest absolute Gasteiger partial charge is 0.336 e. The van der Waals surface area contributed by atoms with Crippen molar-refractivity contribution < 1.29 is 28.7 Å². The third kappa shape index (κ3) is 5.44. The van der Waals surface area contributed by atoms with Crippen LogP contribution in [-0.2, 0) is 19.1 Å². The van der Waals surface area contributed by atoms with Gasteiger partial charge in [0.15, 0.2) is 0 Å². The van der Waals surface area contributed by atoms with Crippen molar-refractivity contribution in [2.24, 2.45) is 0 Å². The number of nitro benzene ring substituents is 1. The lowest BCUT2D eigenvalue weighted by molar-refractivity contribution is -0.384. The highest BCUT2D eigenvalue weighted by Gasteiger charge is 2.39. The minimum Gasteiger partial charge on any atom is -0.493 e. The van der Waals surface area contributed by atoms with Crippen LogP contribution in [0.1, 0.15) is 38.2 Å². The number of hydrogen-bond donors (Lipinski definition) is 2. The molecule has 10 nitrogen and oxygen atoms in total. The summed E-state index contributed by atoms with van der Waals surface area (Å²) in [5, 5.41) is 17.6. The number of carbonyl (C=O) groups excluding carboxylic acids is 2. The van der Waals surface area contributed by atoms with Gasteiger partial charge in [-0.3, -0.25) is 10.1 Å². The highest BCUT2D eigenvalue weighted by atomic mass is 16.6. The molecule has 1 aromatic rings. The van der Waals surface area contributed by atoms with Gasteiger partial charge >= 0.3 is 11.9 Å². The number of non-ortho nitro benzene ring substituents is 1. The van der Waals surface area contributed by atoms with Crippen LogP contribution in [0.15, 0.2) is 40.7 Å². The number of dihydropyridines is 1. The molecule has 0 saturated heterocycles. The maximum absolute atomic E-state index is 12.7. The summed E-state index contributed by atoms with van der Waals surface area (Å²) < 4.78 is 15.9. The van der Waals surface area contributed by atoms with Gasteiger partial charge < -0.3 is 24.8 Å². The van der Waals surface area contributed by atoms with E-state index in [1.165, 1.54) is 32.4 Å². The zero-order valence-electron chi connectivity index (χ0n) is 18.9. The lowest BCUT2D eigenvalue weighted by Crippen LogP contribution is -2.32. The third-order valence-corrected chi connectivity index (χ3v) is 5.16. The molecule has 2 N–H and O–H groups in total. The van der Waals surface area contributed by atoms with Gasteiger partial charge in [0.05, 0.1) is 42.8 Å². The van der Waals surface area contributed by atoms with Gasteiger partial charge in [-0.15, -0.1) is 0 Å². The van der Waals surface area contributed by atoms with Gasteiger partial charge in [0, 0.05) is 29.1 Å². The topological polar surface area (TPSA) is 129 Å². The number of allylic oxidation sites excluding steroid dienone is 2. The minimum absolute atomic E-state index is 0.152. The second-order valence-corrected chi connectivity index (χ2v) is 7.26. The molecule has 174 valence electrons. The zero-order valence-corrected chi connectivity index (χ0v) is 18.9. The zero-order chi connectivity index (χ0) is 23.8. The van der Waals surface area contributed by atoms with E-state index in [9.17, 15) is 19.7 Å². The number of esters is 2. The second-order valence-electron chi connectivity index (χ2n) is 7.26. The number of nitrogens with one attached hydrogen (secondary N) is 2. The number of nitro groups is 1. The minimum atomic E-state index is -0.969. The van der Waals surface area contributed by atoms with E-state index in [-0.39, 0.29) is 16.8 Å². The predicted molar refractivity (Wildman–Crippen MR) is 117 cm³/mol. The molecule has 0 saturated carbocycles. The summed E-state index contributed by atoms with van der Waals surface area (Å²) in [6.07, 6.45) is 1.63. The van der Waals surface area contributed by atoms with Crippen LogP contribution in [0.2, 0.25) is 0 Å². The summed E-state index contributed by atoms with van der Waals surface area (Å²) in [6.45, 7) is 4.54. The van der Waals surface area contributed by atoms with Crippen LogP contribution >= 0.6 is 0 Å². The van der Waals surface area contributed by atoms with Crippen LogP contribution in [0.5, 0.6) is 5.75 Å². The van der Waals surface area contributed by atoms with Crippen molar-refractivity contribution in [3.05, 3.63) is 56.4 Å². The van der Waals surface area contributed by atoms with Crippen LogP contribution in [0.4, 0.5) is 5.69 Å². The van der Waals surface area contributed by atoms with Crippen LogP contribution < -0.4 is 15.4 Å². The Morgan fingerprint density at radius 2 is 1.69 bits per heavy atom.